The Morgan fingerprint density at radius 2 is 2.14 bits per heavy atom. The highest BCUT2D eigenvalue weighted by Crippen LogP contribution is 2.17. The summed E-state index contributed by atoms with van der Waals surface area (Å²) in [4.78, 5) is 20.2. The van der Waals surface area contributed by atoms with Gasteiger partial charge in [0.2, 0.25) is 5.91 Å². The van der Waals surface area contributed by atoms with Gasteiger partial charge in [-0.1, -0.05) is 18.9 Å². The Bertz CT molecular complexity index is 506. The van der Waals surface area contributed by atoms with Crippen molar-refractivity contribution < 1.29 is 4.79 Å². The quantitative estimate of drug-likeness (QED) is 0.573. The van der Waals surface area contributed by atoms with Crippen LogP contribution in [0.25, 0.3) is 0 Å². The lowest BCUT2D eigenvalue weighted by molar-refractivity contribution is -0.116. The van der Waals surface area contributed by atoms with Crippen molar-refractivity contribution in [1.82, 2.24) is 15.6 Å². The summed E-state index contributed by atoms with van der Waals surface area (Å²) < 4.78 is 0. The maximum atomic E-state index is 11.9. The first-order chi connectivity index (χ1) is 10.7. The van der Waals surface area contributed by atoms with Crippen molar-refractivity contribution >= 4 is 17.7 Å². The number of guanidine groups is 1. The van der Waals surface area contributed by atoms with E-state index < -0.39 is 0 Å². The molecule has 0 unspecified atom stereocenters. The first-order valence-electron chi connectivity index (χ1n) is 7.87. The molecule has 2 rings (SSSR count). The highest BCUT2D eigenvalue weighted by atomic mass is 16.1. The van der Waals surface area contributed by atoms with Crippen LogP contribution in [-0.2, 0) is 4.79 Å². The summed E-state index contributed by atoms with van der Waals surface area (Å²) in [5.41, 5.74) is 1.07. The number of aromatic nitrogens is 1. The van der Waals surface area contributed by atoms with E-state index in [0.29, 0.717) is 24.8 Å². The largest absolute Gasteiger partial charge is 0.356 e. The van der Waals surface area contributed by atoms with Gasteiger partial charge in [-0.3, -0.25) is 9.79 Å². The van der Waals surface area contributed by atoms with Gasteiger partial charge in [0.1, 0.15) is 5.82 Å². The maximum Gasteiger partial charge on any atom is 0.227 e. The van der Waals surface area contributed by atoms with Gasteiger partial charge >= 0.3 is 0 Å². The number of aliphatic imine (C=N–C) groups is 1. The van der Waals surface area contributed by atoms with E-state index in [0.717, 1.165) is 11.5 Å². The Balaban J connectivity index is 1.68. The van der Waals surface area contributed by atoms with E-state index in [1.165, 1.54) is 25.7 Å². The molecule has 0 radical (unpaired) electrons. The standard InChI is InChI=1S/C16H25N5O/c1-12-7-8-14(19-11-12)21-15(22)9-10-18-16(17-2)20-13-5-3-4-6-13/h7-8,11,13H,3-6,9-10H2,1-2H3,(H2,17,18,20)(H,19,21,22). The van der Waals surface area contributed by atoms with Crippen molar-refractivity contribution in [1.29, 1.82) is 0 Å². The first-order valence-corrected chi connectivity index (χ1v) is 7.87. The van der Waals surface area contributed by atoms with Crippen LogP contribution in [0.2, 0.25) is 0 Å². The fraction of sp³-hybridized carbons (Fsp3) is 0.562. The summed E-state index contributed by atoms with van der Waals surface area (Å²) in [6, 6.07) is 4.24. The molecule has 0 aromatic carbocycles. The van der Waals surface area contributed by atoms with Gasteiger partial charge in [0.25, 0.3) is 0 Å². The van der Waals surface area contributed by atoms with Gasteiger partial charge in [-0.2, -0.15) is 0 Å². The Hall–Kier alpha value is -2.11. The molecule has 0 aliphatic heterocycles. The smallest absolute Gasteiger partial charge is 0.227 e. The highest BCUT2D eigenvalue weighted by molar-refractivity contribution is 5.90. The van der Waals surface area contributed by atoms with E-state index in [1.807, 2.05) is 13.0 Å². The Morgan fingerprint density at radius 1 is 1.36 bits per heavy atom. The third-order valence-electron chi connectivity index (χ3n) is 3.74. The third kappa shape index (κ3) is 5.35. The number of nitrogens with zero attached hydrogens (tertiary/aromatic N) is 2. The van der Waals surface area contributed by atoms with E-state index in [2.05, 4.69) is 25.9 Å². The average molecular weight is 303 g/mol. The lowest BCUT2D eigenvalue weighted by atomic mass is 10.2. The van der Waals surface area contributed by atoms with E-state index in [9.17, 15) is 4.79 Å². The van der Waals surface area contributed by atoms with Gasteiger partial charge in [0, 0.05) is 32.3 Å². The summed E-state index contributed by atoms with van der Waals surface area (Å²) in [7, 11) is 1.75. The summed E-state index contributed by atoms with van der Waals surface area (Å²) in [6.07, 6.45) is 7.06. The van der Waals surface area contributed by atoms with Crippen molar-refractivity contribution in [2.75, 3.05) is 18.9 Å². The van der Waals surface area contributed by atoms with Crippen LogP contribution < -0.4 is 16.0 Å². The number of hydrogen-bond acceptors (Lipinski definition) is 3. The van der Waals surface area contributed by atoms with Crippen molar-refractivity contribution in [3.05, 3.63) is 23.9 Å². The van der Waals surface area contributed by atoms with E-state index >= 15 is 0 Å². The lowest BCUT2D eigenvalue weighted by Gasteiger charge is -2.16. The molecule has 1 aromatic rings. The molecule has 1 aromatic heterocycles. The third-order valence-corrected chi connectivity index (χ3v) is 3.74. The summed E-state index contributed by atoms with van der Waals surface area (Å²) in [5, 5.41) is 9.35. The maximum absolute atomic E-state index is 11.9. The Morgan fingerprint density at radius 3 is 2.77 bits per heavy atom. The summed E-state index contributed by atoms with van der Waals surface area (Å²) in [5.74, 6) is 1.30. The molecule has 0 bridgehead atoms. The molecule has 1 aliphatic carbocycles. The summed E-state index contributed by atoms with van der Waals surface area (Å²) >= 11 is 0. The van der Waals surface area contributed by atoms with E-state index in [-0.39, 0.29) is 5.91 Å². The van der Waals surface area contributed by atoms with Crippen LogP contribution in [0.4, 0.5) is 5.82 Å². The minimum Gasteiger partial charge on any atom is -0.356 e. The molecular formula is C16H25N5O. The molecule has 22 heavy (non-hydrogen) atoms. The first kappa shape index (κ1) is 16.3. The Labute approximate surface area is 131 Å². The average Bonchev–Trinajstić information content (AvgIpc) is 3.01. The van der Waals surface area contributed by atoms with E-state index in [1.54, 1.807) is 19.3 Å². The minimum absolute atomic E-state index is 0.0554. The van der Waals surface area contributed by atoms with Crippen LogP contribution in [0.5, 0.6) is 0 Å². The van der Waals surface area contributed by atoms with E-state index in [4.69, 9.17) is 0 Å². The zero-order chi connectivity index (χ0) is 15.8. The van der Waals surface area contributed by atoms with Crippen LogP contribution in [0, 0.1) is 6.92 Å². The van der Waals surface area contributed by atoms with Gasteiger partial charge < -0.3 is 16.0 Å². The van der Waals surface area contributed by atoms with Crippen LogP contribution in [-0.4, -0.2) is 36.5 Å². The molecule has 6 nitrogen and oxygen atoms in total. The molecular weight excluding hydrogens is 278 g/mol. The highest BCUT2D eigenvalue weighted by Gasteiger charge is 2.15. The van der Waals surface area contributed by atoms with Crippen LogP contribution >= 0.6 is 0 Å². The number of rotatable bonds is 5. The molecule has 1 fully saturated rings. The number of carbonyl (C=O) groups excluding carboxylic acids is 1. The number of amides is 1. The molecule has 6 heteroatoms. The normalized spacial score (nSPS) is 15.6. The lowest BCUT2D eigenvalue weighted by Crippen LogP contribution is -2.43. The van der Waals surface area contributed by atoms with Crippen molar-refractivity contribution in [2.45, 2.75) is 45.1 Å². The second kappa shape index (κ2) is 8.36. The van der Waals surface area contributed by atoms with Crippen molar-refractivity contribution in [3.8, 4) is 0 Å². The van der Waals surface area contributed by atoms with Crippen LogP contribution in [0.1, 0.15) is 37.7 Å². The predicted octanol–water partition coefficient (Wildman–Crippen LogP) is 1.83. The number of aryl methyl sites for hydroxylation is 1. The van der Waals surface area contributed by atoms with Crippen molar-refractivity contribution in [3.63, 3.8) is 0 Å². The fourth-order valence-corrected chi connectivity index (χ4v) is 2.50. The summed E-state index contributed by atoms with van der Waals surface area (Å²) in [6.45, 7) is 2.51. The predicted molar refractivity (Wildman–Crippen MR) is 89.0 cm³/mol. The number of hydrogen-bond donors (Lipinski definition) is 3. The molecule has 3 N–H and O–H groups in total. The molecule has 1 saturated carbocycles. The Kier molecular flexibility index (Phi) is 6.18. The molecule has 1 heterocycles. The van der Waals surface area contributed by atoms with Crippen molar-refractivity contribution in [2.24, 2.45) is 4.99 Å². The molecule has 1 amide bonds. The molecule has 120 valence electrons. The molecule has 0 spiro atoms. The minimum atomic E-state index is -0.0554. The molecule has 0 saturated heterocycles. The van der Waals surface area contributed by atoms with Gasteiger partial charge in [0.15, 0.2) is 5.96 Å². The number of anilines is 1. The van der Waals surface area contributed by atoms with Gasteiger partial charge in [0.05, 0.1) is 0 Å². The van der Waals surface area contributed by atoms with Gasteiger partial charge in [-0.25, -0.2) is 4.98 Å². The van der Waals surface area contributed by atoms with Crippen LogP contribution in [0.3, 0.4) is 0 Å². The topological polar surface area (TPSA) is 78.4 Å². The zero-order valence-electron chi connectivity index (χ0n) is 13.4. The fourth-order valence-electron chi connectivity index (χ4n) is 2.50. The number of pyridine rings is 1. The monoisotopic (exact) mass is 303 g/mol. The number of nitrogens with one attached hydrogen (secondary N) is 3. The number of carbonyl (C=O) groups is 1. The van der Waals surface area contributed by atoms with Gasteiger partial charge in [-0.05, 0) is 31.4 Å². The second-order valence-corrected chi connectivity index (χ2v) is 5.64. The van der Waals surface area contributed by atoms with Gasteiger partial charge in [-0.15, -0.1) is 0 Å². The zero-order valence-corrected chi connectivity index (χ0v) is 13.4. The van der Waals surface area contributed by atoms with Crippen LogP contribution in [0.15, 0.2) is 23.3 Å². The SMILES string of the molecule is CN=C(NCCC(=O)Nc1ccc(C)cn1)NC1CCCC1. The molecule has 0 atom stereocenters. The second-order valence-electron chi connectivity index (χ2n) is 5.64. The molecule has 1 aliphatic rings.